The van der Waals surface area contributed by atoms with Crippen LogP contribution in [0.5, 0.6) is 11.5 Å². The Kier molecular flexibility index (Phi) is 6.39. The van der Waals surface area contributed by atoms with Crippen molar-refractivity contribution in [3.63, 3.8) is 0 Å². The van der Waals surface area contributed by atoms with Crippen molar-refractivity contribution in [2.45, 2.75) is 32.6 Å². The van der Waals surface area contributed by atoms with Gasteiger partial charge < -0.3 is 19.9 Å². The van der Waals surface area contributed by atoms with E-state index in [1.807, 2.05) is 66.7 Å². The molecule has 2 N–H and O–H groups in total. The summed E-state index contributed by atoms with van der Waals surface area (Å²) in [7, 11) is 0. The molecule has 0 fully saturated rings. The predicted octanol–water partition coefficient (Wildman–Crippen LogP) is 5.12. The van der Waals surface area contributed by atoms with Crippen LogP contribution in [-0.2, 0) is 17.9 Å². The van der Waals surface area contributed by atoms with E-state index in [9.17, 15) is 9.90 Å². The van der Waals surface area contributed by atoms with Gasteiger partial charge in [-0.2, -0.15) is 0 Å². The van der Waals surface area contributed by atoms with Crippen molar-refractivity contribution >= 4 is 11.7 Å². The second-order valence-electron chi connectivity index (χ2n) is 7.22. The number of nitrogens with one attached hydrogen (secondary N) is 1. The molecule has 0 heterocycles. The minimum Gasteiger partial charge on any atom is -0.489 e. The van der Waals surface area contributed by atoms with Gasteiger partial charge in [0.05, 0.1) is 0 Å². The summed E-state index contributed by atoms with van der Waals surface area (Å²) in [5.74, 6) is 0.321. The number of hydrogen-bond acceptors (Lipinski definition) is 4. The summed E-state index contributed by atoms with van der Waals surface area (Å²) in [5, 5.41) is 12.5. The predicted molar refractivity (Wildman–Crippen MR) is 113 cm³/mol. The van der Waals surface area contributed by atoms with Crippen molar-refractivity contribution in [1.82, 2.24) is 0 Å². The largest absolute Gasteiger partial charge is 0.489 e. The van der Waals surface area contributed by atoms with Gasteiger partial charge in [0.15, 0.2) is 5.60 Å². The molecule has 0 aliphatic rings. The summed E-state index contributed by atoms with van der Waals surface area (Å²) in [6, 6.07) is 25.3. The SMILES string of the molecule is CC(C)(Oc1cccc(NCc2ccc(OCc3ccccc3)cc2)c1)C(=O)O. The number of aliphatic carboxylic acids is 1. The highest BCUT2D eigenvalue weighted by Crippen LogP contribution is 2.23. The van der Waals surface area contributed by atoms with Crippen molar-refractivity contribution in [2.24, 2.45) is 0 Å². The maximum Gasteiger partial charge on any atom is 0.347 e. The summed E-state index contributed by atoms with van der Waals surface area (Å²) in [6.45, 7) is 4.22. The van der Waals surface area contributed by atoms with Crippen molar-refractivity contribution < 1.29 is 19.4 Å². The maximum atomic E-state index is 11.2. The Morgan fingerprint density at radius 3 is 2.31 bits per heavy atom. The molecular weight excluding hydrogens is 366 g/mol. The fourth-order valence-electron chi connectivity index (χ4n) is 2.66. The third kappa shape index (κ3) is 6.01. The fourth-order valence-corrected chi connectivity index (χ4v) is 2.66. The lowest BCUT2D eigenvalue weighted by Gasteiger charge is -2.22. The number of ether oxygens (including phenoxy) is 2. The molecule has 0 saturated carbocycles. The molecule has 0 aliphatic heterocycles. The van der Waals surface area contributed by atoms with E-state index in [2.05, 4.69) is 5.32 Å². The zero-order valence-electron chi connectivity index (χ0n) is 16.6. The summed E-state index contributed by atoms with van der Waals surface area (Å²) in [6.07, 6.45) is 0. The van der Waals surface area contributed by atoms with E-state index in [0.717, 1.165) is 22.6 Å². The van der Waals surface area contributed by atoms with Crippen LogP contribution in [0, 0.1) is 0 Å². The molecule has 0 amide bonds. The lowest BCUT2D eigenvalue weighted by Crippen LogP contribution is -2.37. The molecule has 5 heteroatoms. The third-order valence-corrected chi connectivity index (χ3v) is 4.39. The topological polar surface area (TPSA) is 67.8 Å². The average Bonchev–Trinajstić information content (AvgIpc) is 2.72. The van der Waals surface area contributed by atoms with Crippen LogP contribution in [-0.4, -0.2) is 16.7 Å². The van der Waals surface area contributed by atoms with Gasteiger partial charge in [-0.15, -0.1) is 0 Å². The second kappa shape index (κ2) is 9.15. The summed E-state index contributed by atoms with van der Waals surface area (Å²) in [4.78, 5) is 11.2. The molecule has 3 aromatic carbocycles. The van der Waals surface area contributed by atoms with Crippen LogP contribution >= 0.6 is 0 Å². The number of hydrogen-bond donors (Lipinski definition) is 2. The molecule has 29 heavy (non-hydrogen) atoms. The van der Waals surface area contributed by atoms with E-state index in [1.165, 1.54) is 13.8 Å². The number of rotatable bonds is 9. The van der Waals surface area contributed by atoms with E-state index in [1.54, 1.807) is 12.1 Å². The number of carboxylic acid groups (broad SMARTS) is 1. The first-order valence-corrected chi connectivity index (χ1v) is 9.44. The molecule has 0 aliphatic carbocycles. The third-order valence-electron chi connectivity index (χ3n) is 4.39. The highest BCUT2D eigenvalue weighted by molar-refractivity contribution is 5.76. The van der Waals surface area contributed by atoms with Crippen LogP contribution in [0.2, 0.25) is 0 Å². The first-order valence-electron chi connectivity index (χ1n) is 9.44. The van der Waals surface area contributed by atoms with Crippen LogP contribution in [0.3, 0.4) is 0 Å². The molecule has 0 atom stereocenters. The molecule has 150 valence electrons. The van der Waals surface area contributed by atoms with Crippen molar-refractivity contribution in [3.05, 3.63) is 90.0 Å². The average molecular weight is 391 g/mol. The fraction of sp³-hybridized carbons (Fsp3) is 0.208. The number of benzene rings is 3. The van der Waals surface area contributed by atoms with Crippen molar-refractivity contribution in [1.29, 1.82) is 0 Å². The number of anilines is 1. The summed E-state index contributed by atoms with van der Waals surface area (Å²) >= 11 is 0. The van der Waals surface area contributed by atoms with Gasteiger partial charge in [-0.3, -0.25) is 0 Å². The molecule has 0 unspecified atom stereocenters. The quantitative estimate of drug-likeness (QED) is 0.530. The maximum absolute atomic E-state index is 11.2. The van der Waals surface area contributed by atoms with E-state index < -0.39 is 11.6 Å². The van der Waals surface area contributed by atoms with Crippen LogP contribution in [0.25, 0.3) is 0 Å². The van der Waals surface area contributed by atoms with E-state index in [4.69, 9.17) is 9.47 Å². The van der Waals surface area contributed by atoms with Crippen LogP contribution in [0.1, 0.15) is 25.0 Å². The van der Waals surface area contributed by atoms with Gasteiger partial charge in [0.1, 0.15) is 18.1 Å². The van der Waals surface area contributed by atoms with Gasteiger partial charge in [-0.05, 0) is 49.2 Å². The van der Waals surface area contributed by atoms with E-state index in [-0.39, 0.29) is 0 Å². The Balaban J connectivity index is 1.53. The highest BCUT2D eigenvalue weighted by atomic mass is 16.5. The monoisotopic (exact) mass is 391 g/mol. The zero-order valence-corrected chi connectivity index (χ0v) is 16.6. The first-order chi connectivity index (χ1) is 13.9. The molecule has 0 radical (unpaired) electrons. The Labute approximate surface area is 170 Å². The first kappa shape index (κ1) is 20.3. The van der Waals surface area contributed by atoms with Crippen LogP contribution in [0.4, 0.5) is 5.69 Å². The van der Waals surface area contributed by atoms with Crippen LogP contribution in [0.15, 0.2) is 78.9 Å². The molecule has 3 aromatic rings. The van der Waals surface area contributed by atoms with Gasteiger partial charge in [0.2, 0.25) is 0 Å². The van der Waals surface area contributed by atoms with Crippen LogP contribution < -0.4 is 14.8 Å². The minimum atomic E-state index is -1.28. The van der Waals surface area contributed by atoms with E-state index in [0.29, 0.717) is 18.9 Å². The Morgan fingerprint density at radius 1 is 0.897 bits per heavy atom. The standard InChI is InChI=1S/C24H25NO4/c1-24(2,23(26)27)29-22-10-6-9-20(15-22)25-16-18-11-13-21(14-12-18)28-17-19-7-4-3-5-8-19/h3-15,25H,16-17H2,1-2H3,(H,26,27). The summed E-state index contributed by atoms with van der Waals surface area (Å²) < 4.78 is 11.4. The molecule has 0 aromatic heterocycles. The van der Waals surface area contributed by atoms with Crippen molar-refractivity contribution in [3.8, 4) is 11.5 Å². The normalized spacial score (nSPS) is 11.0. The lowest BCUT2D eigenvalue weighted by atomic mass is 10.1. The number of carbonyl (C=O) groups is 1. The van der Waals surface area contributed by atoms with Gasteiger partial charge in [0, 0.05) is 18.3 Å². The Morgan fingerprint density at radius 2 is 1.62 bits per heavy atom. The van der Waals surface area contributed by atoms with Crippen molar-refractivity contribution in [2.75, 3.05) is 5.32 Å². The number of carboxylic acids is 1. The highest BCUT2D eigenvalue weighted by Gasteiger charge is 2.29. The smallest absolute Gasteiger partial charge is 0.347 e. The van der Waals surface area contributed by atoms with E-state index >= 15 is 0 Å². The Hall–Kier alpha value is -3.47. The molecular formula is C24H25NO4. The van der Waals surface area contributed by atoms with Gasteiger partial charge in [-0.1, -0.05) is 48.5 Å². The minimum absolute atomic E-state index is 0.507. The van der Waals surface area contributed by atoms with Gasteiger partial charge in [0.25, 0.3) is 0 Å². The molecule has 0 saturated heterocycles. The zero-order chi connectivity index (χ0) is 20.7. The Bertz CT molecular complexity index is 937. The molecule has 3 rings (SSSR count). The van der Waals surface area contributed by atoms with Gasteiger partial charge >= 0.3 is 5.97 Å². The molecule has 0 spiro atoms. The molecule has 0 bridgehead atoms. The lowest BCUT2D eigenvalue weighted by molar-refractivity contribution is -0.152. The molecule has 5 nitrogen and oxygen atoms in total. The second-order valence-corrected chi connectivity index (χ2v) is 7.22. The summed E-state index contributed by atoms with van der Waals surface area (Å²) in [5.41, 5.74) is 1.81. The van der Waals surface area contributed by atoms with Gasteiger partial charge in [-0.25, -0.2) is 4.79 Å².